The number of nitrogens with zero attached hydrogens (tertiary/aromatic N) is 1. The summed E-state index contributed by atoms with van der Waals surface area (Å²) in [6.45, 7) is 4.70. The second kappa shape index (κ2) is 37.5. The second-order valence-corrected chi connectivity index (χ2v) is 17.2. The maximum atomic E-state index is 12.6. The molecular formula is C44H84NO7P. The number of unbranched alkanes of at least 4 members (excludes halogenated alkanes) is 22. The predicted octanol–water partition coefficient (Wildman–Crippen LogP) is 12.3. The van der Waals surface area contributed by atoms with Crippen LogP contribution in [0.15, 0.2) is 36.6 Å². The SMILES string of the molecule is CCCCCCCC/C=C/C/C=C/CCCCC(=O)O[C@H](CO/C=C/CCCCCCCCCCCCCCCC)COP(=O)([O-])OCC[N+](C)(C)C. The highest BCUT2D eigenvalue weighted by Gasteiger charge is 2.20. The van der Waals surface area contributed by atoms with Gasteiger partial charge in [-0.1, -0.05) is 154 Å². The van der Waals surface area contributed by atoms with Crippen molar-refractivity contribution in [3.63, 3.8) is 0 Å². The first-order valence-electron chi connectivity index (χ1n) is 21.8. The van der Waals surface area contributed by atoms with Crippen LogP contribution < -0.4 is 4.89 Å². The second-order valence-electron chi connectivity index (χ2n) is 15.8. The molecule has 0 spiro atoms. The van der Waals surface area contributed by atoms with Crippen LogP contribution in [-0.4, -0.2) is 64.1 Å². The van der Waals surface area contributed by atoms with Crippen molar-refractivity contribution in [3.05, 3.63) is 36.6 Å². The van der Waals surface area contributed by atoms with Crippen molar-refractivity contribution in [1.29, 1.82) is 0 Å². The van der Waals surface area contributed by atoms with Gasteiger partial charge in [-0.2, -0.15) is 0 Å². The quantitative estimate of drug-likeness (QED) is 0.0153. The summed E-state index contributed by atoms with van der Waals surface area (Å²) in [5.74, 6) is -0.387. The van der Waals surface area contributed by atoms with Gasteiger partial charge in [-0.3, -0.25) is 9.36 Å². The number of ether oxygens (including phenoxy) is 2. The Morgan fingerprint density at radius 3 is 1.55 bits per heavy atom. The van der Waals surface area contributed by atoms with E-state index in [-0.39, 0.29) is 32.2 Å². The number of phosphoric acid groups is 1. The molecule has 0 saturated carbocycles. The smallest absolute Gasteiger partial charge is 0.306 e. The zero-order valence-electron chi connectivity index (χ0n) is 35.2. The molecule has 53 heavy (non-hydrogen) atoms. The van der Waals surface area contributed by atoms with Crippen molar-refractivity contribution in [1.82, 2.24) is 0 Å². The van der Waals surface area contributed by atoms with Crippen LogP contribution in [0.5, 0.6) is 0 Å². The molecule has 8 nitrogen and oxygen atoms in total. The minimum atomic E-state index is -4.55. The molecule has 0 aromatic rings. The predicted molar refractivity (Wildman–Crippen MR) is 222 cm³/mol. The number of quaternary nitrogens is 1. The number of esters is 1. The summed E-state index contributed by atoms with van der Waals surface area (Å²) in [4.78, 5) is 25.0. The van der Waals surface area contributed by atoms with E-state index in [1.54, 1.807) is 6.26 Å². The number of hydrogen-bond donors (Lipinski definition) is 0. The molecule has 9 heteroatoms. The van der Waals surface area contributed by atoms with Crippen LogP contribution in [0, 0.1) is 0 Å². The van der Waals surface area contributed by atoms with Crippen LogP contribution in [0.4, 0.5) is 0 Å². The third kappa shape index (κ3) is 41.6. The van der Waals surface area contributed by atoms with Crippen molar-refractivity contribution in [2.24, 2.45) is 0 Å². The van der Waals surface area contributed by atoms with Gasteiger partial charge in [0.05, 0.1) is 34.0 Å². The number of carbonyl (C=O) groups is 1. The molecule has 1 unspecified atom stereocenters. The van der Waals surface area contributed by atoms with Crippen LogP contribution in [0.1, 0.15) is 187 Å². The molecule has 0 amide bonds. The van der Waals surface area contributed by atoms with E-state index in [2.05, 4.69) is 38.2 Å². The Kier molecular flexibility index (Phi) is 36.5. The Morgan fingerprint density at radius 2 is 1.06 bits per heavy atom. The van der Waals surface area contributed by atoms with Crippen LogP contribution in [0.25, 0.3) is 0 Å². The molecule has 0 radical (unpaired) electrons. The van der Waals surface area contributed by atoms with Crippen LogP contribution in [-0.2, 0) is 27.9 Å². The van der Waals surface area contributed by atoms with E-state index in [0.717, 1.165) is 38.5 Å². The van der Waals surface area contributed by atoms with Crippen LogP contribution in [0.3, 0.4) is 0 Å². The normalized spacial score (nSPS) is 14.1. The molecule has 0 saturated heterocycles. The van der Waals surface area contributed by atoms with Gasteiger partial charge in [0.2, 0.25) is 0 Å². The zero-order valence-corrected chi connectivity index (χ0v) is 36.1. The van der Waals surface area contributed by atoms with E-state index in [1.807, 2.05) is 27.2 Å². The van der Waals surface area contributed by atoms with Gasteiger partial charge in [0.15, 0.2) is 6.10 Å². The zero-order chi connectivity index (χ0) is 39.1. The van der Waals surface area contributed by atoms with E-state index in [1.165, 1.54) is 122 Å². The van der Waals surface area contributed by atoms with Gasteiger partial charge in [0.1, 0.15) is 19.8 Å². The third-order valence-electron chi connectivity index (χ3n) is 9.26. The molecule has 0 aromatic heterocycles. The summed E-state index contributed by atoms with van der Waals surface area (Å²) < 4.78 is 34.3. The standard InChI is InChI=1S/C44H84NO7P/c1-6-8-10-12-14-16-18-20-22-24-26-28-30-32-34-36-39-49-41-43(42-51-53(47,48)50-40-38-45(3,4)5)52-44(46)37-35-33-31-29-27-25-23-21-19-17-15-13-11-9-7-2/h21,23,27,29,36,39,43H,6-20,22,24-26,28,30-35,37-38,40-42H2,1-5H3/b23-21+,29-27+,39-36+/t43-/m1/s1. The van der Waals surface area contributed by atoms with E-state index < -0.39 is 13.9 Å². The Labute approximate surface area is 327 Å². The van der Waals surface area contributed by atoms with Gasteiger partial charge in [-0.05, 0) is 57.4 Å². The summed E-state index contributed by atoms with van der Waals surface area (Å²) in [5.41, 5.74) is 0. The number of rotatable bonds is 40. The molecule has 0 aliphatic heterocycles. The molecule has 0 rings (SSSR count). The Balaban J connectivity index is 4.34. The molecule has 0 heterocycles. The molecular weight excluding hydrogens is 685 g/mol. The molecule has 0 N–H and O–H groups in total. The summed E-state index contributed by atoms with van der Waals surface area (Å²) in [5, 5.41) is 0. The van der Waals surface area contributed by atoms with Crippen molar-refractivity contribution in [2.45, 2.75) is 193 Å². The first-order valence-corrected chi connectivity index (χ1v) is 23.2. The number of allylic oxidation sites excluding steroid dienone is 5. The first-order chi connectivity index (χ1) is 25.6. The fourth-order valence-corrected chi connectivity index (χ4v) is 6.56. The molecule has 0 aliphatic rings. The van der Waals surface area contributed by atoms with E-state index in [9.17, 15) is 14.3 Å². The monoisotopic (exact) mass is 770 g/mol. The maximum Gasteiger partial charge on any atom is 0.306 e. The first kappa shape index (κ1) is 51.6. The van der Waals surface area contributed by atoms with E-state index >= 15 is 0 Å². The molecule has 312 valence electrons. The number of likely N-dealkylation sites (N-methyl/N-ethyl adjacent to an activating group) is 1. The summed E-state index contributed by atoms with van der Waals surface area (Å²) >= 11 is 0. The van der Waals surface area contributed by atoms with Gasteiger partial charge < -0.3 is 27.9 Å². The average molecular weight is 770 g/mol. The van der Waals surface area contributed by atoms with Gasteiger partial charge in [0.25, 0.3) is 7.82 Å². The number of hydrogen-bond acceptors (Lipinski definition) is 7. The van der Waals surface area contributed by atoms with E-state index in [0.29, 0.717) is 17.4 Å². The fourth-order valence-electron chi connectivity index (χ4n) is 5.84. The Hall–Kier alpha value is -1.44. The van der Waals surface area contributed by atoms with Crippen molar-refractivity contribution >= 4 is 13.8 Å². The summed E-state index contributed by atoms with van der Waals surface area (Å²) in [6.07, 6.45) is 43.9. The highest BCUT2D eigenvalue weighted by molar-refractivity contribution is 7.45. The third-order valence-corrected chi connectivity index (χ3v) is 10.2. The molecule has 0 aromatic carbocycles. The Morgan fingerprint density at radius 1 is 0.604 bits per heavy atom. The minimum absolute atomic E-state index is 0.00890. The van der Waals surface area contributed by atoms with Crippen molar-refractivity contribution < 1.29 is 37.3 Å². The lowest BCUT2D eigenvalue weighted by atomic mass is 10.0. The fraction of sp³-hybridized carbons (Fsp3) is 0.841. The summed E-state index contributed by atoms with van der Waals surface area (Å²) in [6, 6.07) is 0. The van der Waals surface area contributed by atoms with Crippen molar-refractivity contribution in [2.75, 3.05) is 47.5 Å². The molecule has 0 aliphatic carbocycles. The Bertz CT molecular complexity index is 947. The lowest BCUT2D eigenvalue weighted by Gasteiger charge is -2.28. The highest BCUT2D eigenvalue weighted by atomic mass is 31.2. The molecule has 0 bridgehead atoms. The van der Waals surface area contributed by atoms with Gasteiger partial charge >= 0.3 is 5.97 Å². The lowest BCUT2D eigenvalue weighted by molar-refractivity contribution is -0.870. The molecule has 2 atom stereocenters. The van der Waals surface area contributed by atoms with Gasteiger partial charge in [-0.25, -0.2) is 0 Å². The molecule has 0 fully saturated rings. The largest absolute Gasteiger partial charge is 0.756 e. The minimum Gasteiger partial charge on any atom is -0.756 e. The van der Waals surface area contributed by atoms with Gasteiger partial charge in [-0.15, -0.1) is 0 Å². The lowest BCUT2D eigenvalue weighted by Crippen LogP contribution is -2.37. The number of phosphoric ester groups is 1. The topological polar surface area (TPSA) is 94.1 Å². The van der Waals surface area contributed by atoms with Crippen molar-refractivity contribution in [3.8, 4) is 0 Å². The summed E-state index contributed by atoms with van der Waals surface area (Å²) in [7, 11) is 1.31. The number of carbonyl (C=O) groups excluding carboxylic acids is 1. The highest BCUT2D eigenvalue weighted by Crippen LogP contribution is 2.38. The van der Waals surface area contributed by atoms with Gasteiger partial charge in [0, 0.05) is 6.42 Å². The average Bonchev–Trinajstić information content (AvgIpc) is 3.11. The maximum absolute atomic E-state index is 12.6. The van der Waals surface area contributed by atoms with Crippen LogP contribution in [0.2, 0.25) is 0 Å². The van der Waals surface area contributed by atoms with E-state index in [4.69, 9.17) is 18.5 Å². The van der Waals surface area contributed by atoms with Crippen LogP contribution >= 0.6 is 7.82 Å².